The summed E-state index contributed by atoms with van der Waals surface area (Å²) in [5, 5.41) is 2.53. The Morgan fingerprint density at radius 2 is 1.63 bits per heavy atom. The second kappa shape index (κ2) is 9.81. The van der Waals surface area contributed by atoms with Crippen molar-refractivity contribution in [3.05, 3.63) is 130 Å². The molecule has 244 valence electrons. The summed E-state index contributed by atoms with van der Waals surface area (Å²) in [6, 6.07) is 34.1. The second-order valence-electron chi connectivity index (χ2n) is 16.0. The summed E-state index contributed by atoms with van der Waals surface area (Å²) in [4.78, 5) is 2.54. The van der Waals surface area contributed by atoms with Gasteiger partial charge in [-0.1, -0.05) is 72.3 Å². The van der Waals surface area contributed by atoms with E-state index in [-0.39, 0.29) is 5.41 Å². The van der Waals surface area contributed by atoms with Crippen LogP contribution < -0.4 is 14.4 Å². The topological polar surface area (TPSA) is 21.7 Å². The molecule has 2 heterocycles. The van der Waals surface area contributed by atoms with Gasteiger partial charge in [0, 0.05) is 46.3 Å². The Labute approximate surface area is 289 Å². The van der Waals surface area contributed by atoms with Gasteiger partial charge in [-0.3, -0.25) is 0 Å². The summed E-state index contributed by atoms with van der Waals surface area (Å²) >= 11 is 0. The maximum absolute atomic E-state index is 7.70. The van der Waals surface area contributed by atoms with E-state index in [2.05, 4.69) is 115 Å². The monoisotopic (exact) mass is 641 g/mol. The van der Waals surface area contributed by atoms with Gasteiger partial charge < -0.3 is 14.4 Å². The molecule has 3 nitrogen and oxygen atoms in total. The molecule has 0 amide bonds. The van der Waals surface area contributed by atoms with Gasteiger partial charge in [0.2, 0.25) is 0 Å². The Balaban J connectivity index is 1.15. The highest BCUT2D eigenvalue weighted by molar-refractivity contribution is 6.09. The predicted octanol–water partition coefficient (Wildman–Crippen LogP) is 10.6. The number of piperidine rings is 1. The number of nitrogens with zero attached hydrogens (tertiary/aromatic N) is 1. The van der Waals surface area contributed by atoms with Crippen molar-refractivity contribution in [1.82, 2.24) is 0 Å². The third-order valence-corrected chi connectivity index (χ3v) is 13.8. The molecule has 2 aliphatic heterocycles. The average Bonchev–Trinajstić information content (AvgIpc) is 3.70. The van der Waals surface area contributed by atoms with E-state index < -0.39 is 5.60 Å². The van der Waals surface area contributed by atoms with Crippen molar-refractivity contribution in [1.29, 1.82) is 0 Å². The van der Waals surface area contributed by atoms with Crippen LogP contribution in [0.2, 0.25) is 0 Å². The van der Waals surface area contributed by atoms with E-state index in [1.807, 2.05) is 7.11 Å². The van der Waals surface area contributed by atoms with Gasteiger partial charge in [-0.2, -0.15) is 0 Å². The summed E-state index contributed by atoms with van der Waals surface area (Å²) in [7, 11) is 1.81. The Morgan fingerprint density at radius 3 is 2.41 bits per heavy atom. The molecule has 3 saturated carbocycles. The lowest BCUT2D eigenvalue weighted by Crippen LogP contribution is -2.52. The van der Waals surface area contributed by atoms with Gasteiger partial charge in [-0.25, -0.2) is 0 Å². The normalized spacial score (nSPS) is 29.8. The van der Waals surface area contributed by atoms with Crippen LogP contribution in [0.3, 0.4) is 0 Å². The summed E-state index contributed by atoms with van der Waals surface area (Å²) in [5.74, 6) is 3.61. The van der Waals surface area contributed by atoms with Crippen molar-refractivity contribution in [3.8, 4) is 22.6 Å². The average molecular weight is 642 g/mol. The smallest absolute Gasteiger partial charge is 0.178 e. The van der Waals surface area contributed by atoms with Crippen LogP contribution in [0, 0.1) is 24.2 Å². The van der Waals surface area contributed by atoms with E-state index in [4.69, 9.17) is 9.47 Å². The molecule has 0 N–H and O–H groups in total. The van der Waals surface area contributed by atoms with Crippen LogP contribution in [0.15, 0.2) is 97.1 Å². The zero-order valence-corrected chi connectivity index (χ0v) is 28.6. The van der Waals surface area contributed by atoms with Crippen molar-refractivity contribution in [3.63, 3.8) is 0 Å². The molecule has 5 unspecified atom stereocenters. The van der Waals surface area contributed by atoms with Gasteiger partial charge >= 0.3 is 0 Å². The third-order valence-electron chi connectivity index (χ3n) is 13.8. The lowest BCUT2D eigenvalue weighted by atomic mass is 9.47. The highest BCUT2D eigenvalue weighted by Crippen LogP contribution is 2.85. The summed E-state index contributed by atoms with van der Waals surface area (Å²) < 4.78 is 13.6. The highest BCUT2D eigenvalue weighted by atomic mass is 16.5. The molecule has 5 aromatic rings. The molecule has 4 fully saturated rings. The minimum absolute atomic E-state index is 0.00412. The van der Waals surface area contributed by atoms with Crippen molar-refractivity contribution in [2.45, 2.75) is 62.9 Å². The maximum Gasteiger partial charge on any atom is 0.178 e. The molecule has 1 saturated heterocycles. The first-order chi connectivity index (χ1) is 24.1. The molecule has 5 aromatic carbocycles. The molecule has 49 heavy (non-hydrogen) atoms. The molecule has 0 radical (unpaired) electrons. The fourth-order valence-electron chi connectivity index (χ4n) is 11.6. The van der Waals surface area contributed by atoms with E-state index in [0.717, 1.165) is 36.1 Å². The standard InChI is InChI=1S/C46H43NO2/c1-29-11-18-35-38(25-29)43-37(42-41(35)36-19-17-34(48-2)26-39(36)45(42)28-44-27-32(44)14-20-40(44)45)21-22-46(49-43,30-9-5-3-6-10-30)31-12-15-33(16-13-31)47-23-7-4-8-24-47/h3,5-6,9-13,15-19,21-22,25-26,32,40H,4,7-8,14,20,23-24,27-28H2,1-2H3. The number of hydrogen-bond acceptors (Lipinski definition) is 3. The Kier molecular flexibility index (Phi) is 5.68. The molecule has 6 aliphatic rings. The number of benzene rings is 5. The number of ether oxygens (including phenoxy) is 2. The fourth-order valence-corrected chi connectivity index (χ4v) is 11.6. The van der Waals surface area contributed by atoms with Crippen LogP contribution in [0.5, 0.6) is 11.5 Å². The number of rotatable bonds is 4. The van der Waals surface area contributed by atoms with Crippen molar-refractivity contribution < 1.29 is 9.47 Å². The number of aryl methyl sites for hydroxylation is 1. The molecule has 2 spiro atoms. The number of hydrogen-bond donors (Lipinski definition) is 0. The van der Waals surface area contributed by atoms with E-state index >= 15 is 0 Å². The summed E-state index contributed by atoms with van der Waals surface area (Å²) in [5.41, 5.74) is 11.8. The van der Waals surface area contributed by atoms with Crippen LogP contribution in [0.4, 0.5) is 5.69 Å². The minimum atomic E-state index is -0.739. The van der Waals surface area contributed by atoms with E-state index in [1.54, 1.807) is 0 Å². The second-order valence-corrected chi connectivity index (χ2v) is 16.0. The van der Waals surface area contributed by atoms with Gasteiger partial charge in [0.05, 0.1) is 7.11 Å². The van der Waals surface area contributed by atoms with Crippen molar-refractivity contribution in [2.24, 2.45) is 17.3 Å². The zero-order valence-electron chi connectivity index (χ0n) is 28.6. The van der Waals surface area contributed by atoms with Gasteiger partial charge in [0.25, 0.3) is 0 Å². The van der Waals surface area contributed by atoms with E-state index in [9.17, 15) is 0 Å². The fraction of sp³-hybridized carbons (Fsp3) is 0.348. The highest BCUT2D eigenvalue weighted by Gasteiger charge is 2.78. The van der Waals surface area contributed by atoms with Crippen LogP contribution in [-0.2, 0) is 11.0 Å². The number of anilines is 1. The molecular weight excluding hydrogens is 599 g/mol. The van der Waals surface area contributed by atoms with Crippen LogP contribution in [-0.4, -0.2) is 20.2 Å². The lowest BCUT2D eigenvalue weighted by Gasteiger charge is -2.55. The Hall–Kier alpha value is -4.50. The van der Waals surface area contributed by atoms with Crippen LogP contribution in [0.1, 0.15) is 78.3 Å². The molecule has 11 rings (SSSR count). The largest absolute Gasteiger partial charge is 0.497 e. The van der Waals surface area contributed by atoms with Gasteiger partial charge in [-0.15, -0.1) is 0 Å². The van der Waals surface area contributed by atoms with Gasteiger partial charge in [0.1, 0.15) is 11.5 Å². The van der Waals surface area contributed by atoms with E-state index in [0.29, 0.717) is 11.3 Å². The maximum atomic E-state index is 7.70. The summed E-state index contributed by atoms with van der Waals surface area (Å²) in [6.45, 7) is 4.49. The third kappa shape index (κ3) is 3.59. The quantitative estimate of drug-likeness (QED) is 0.195. The van der Waals surface area contributed by atoms with Crippen LogP contribution >= 0.6 is 0 Å². The summed E-state index contributed by atoms with van der Waals surface area (Å²) in [6.07, 6.45) is 14.1. The minimum Gasteiger partial charge on any atom is -0.497 e. The predicted molar refractivity (Wildman–Crippen MR) is 199 cm³/mol. The number of methoxy groups -OCH3 is 1. The van der Waals surface area contributed by atoms with Crippen molar-refractivity contribution in [2.75, 3.05) is 25.1 Å². The Bertz CT molecular complexity index is 2210. The van der Waals surface area contributed by atoms with Crippen LogP contribution in [0.25, 0.3) is 28.0 Å². The van der Waals surface area contributed by atoms with Gasteiger partial charge in [0.15, 0.2) is 5.60 Å². The Morgan fingerprint density at radius 1 is 0.816 bits per heavy atom. The zero-order chi connectivity index (χ0) is 32.5. The molecular formula is C46H43NO2. The molecule has 3 heteroatoms. The molecule has 0 bridgehead atoms. The molecule has 0 aromatic heterocycles. The molecule has 4 aliphatic carbocycles. The number of fused-ring (bicyclic) bond motifs is 11. The molecule has 5 atom stereocenters. The first-order valence-corrected chi connectivity index (χ1v) is 18.6. The van der Waals surface area contributed by atoms with E-state index in [1.165, 1.54) is 100 Å². The SMILES string of the molecule is COc1ccc2c(c1)C1(CC34CC3CCC14)c1c3c(c4cc(C)ccc4c1-2)OC(c1ccccc1)(c1ccc(N2CCCCC2)cc1)C=C3. The van der Waals surface area contributed by atoms with Crippen molar-refractivity contribution >= 4 is 22.5 Å². The first kappa shape index (κ1) is 28.3. The lowest BCUT2D eigenvalue weighted by molar-refractivity contribution is 0.0537. The van der Waals surface area contributed by atoms with Gasteiger partial charge in [-0.05, 0) is 133 Å². The first-order valence-electron chi connectivity index (χ1n) is 18.6.